The van der Waals surface area contributed by atoms with E-state index < -0.39 is 0 Å². The van der Waals surface area contributed by atoms with E-state index in [9.17, 15) is 4.79 Å². The largest absolute Gasteiger partial charge is 0.286 e. The van der Waals surface area contributed by atoms with E-state index in [1.54, 1.807) is 10.8 Å². The Hall–Kier alpha value is -1.19. The molecule has 0 unspecified atom stereocenters. The number of hydrogen-bond donors (Lipinski definition) is 0. The first-order chi connectivity index (χ1) is 9.34. The second-order valence-electron chi connectivity index (χ2n) is 4.18. The Morgan fingerprint density at radius 2 is 1.42 bits per heavy atom. The summed E-state index contributed by atoms with van der Waals surface area (Å²) >= 11 is 0. The SMILES string of the molecule is O=C(Cc1ccccc1)SSCCc1ccccc1. The predicted molar refractivity (Wildman–Crippen MR) is 85.3 cm³/mol. The van der Waals surface area contributed by atoms with E-state index in [4.69, 9.17) is 0 Å². The van der Waals surface area contributed by atoms with Gasteiger partial charge >= 0.3 is 0 Å². The van der Waals surface area contributed by atoms with E-state index >= 15 is 0 Å². The lowest BCUT2D eigenvalue weighted by molar-refractivity contribution is -0.110. The lowest BCUT2D eigenvalue weighted by Gasteiger charge is -2.01. The highest BCUT2D eigenvalue weighted by Crippen LogP contribution is 2.24. The second kappa shape index (κ2) is 8.08. The van der Waals surface area contributed by atoms with Crippen LogP contribution in [0.15, 0.2) is 60.7 Å². The molecule has 3 heteroatoms. The Kier molecular flexibility index (Phi) is 6.05. The molecule has 2 aromatic rings. The molecule has 0 aliphatic carbocycles. The summed E-state index contributed by atoms with van der Waals surface area (Å²) in [5.41, 5.74) is 2.41. The van der Waals surface area contributed by atoms with Crippen molar-refractivity contribution in [1.82, 2.24) is 0 Å². The lowest BCUT2D eigenvalue weighted by atomic mass is 10.2. The van der Waals surface area contributed by atoms with Gasteiger partial charge in [0.05, 0.1) is 0 Å². The van der Waals surface area contributed by atoms with Crippen LogP contribution in [0.5, 0.6) is 0 Å². The first-order valence-electron chi connectivity index (χ1n) is 6.25. The highest BCUT2D eigenvalue weighted by molar-refractivity contribution is 8.82. The number of hydrogen-bond acceptors (Lipinski definition) is 3. The summed E-state index contributed by atoms with van der Waals surface area (Å²) in [6.45, 7) is 0. The maximum Gasteiger partial charge on any atom is 0.203 e. The molecule has 0 spiro atoms. The molecule has 2 aromatic carbocycles. The van der Waals surface area contributed by atoms with Crippen molar-refractivity contribution in [3.05, 3.63) is 71.8 Å². The molecule has 19 heavy (non-hydrogen) atoms. The molecule has 98 valence electrons. The van der Waals surface area contributed by atoms with Crippen molar-refractivity contribution in [2.45, 2.75) is 12.8 Å². The van der Waals surface area contributed by atoms with E-state index in [0.717, 1.165) is 17.7 Å². The summed E-state index contributed by atoms with van der Waals surface area (Å²) in [6.07, 6.45) is 1.53. The molecule has 0 radical (unpaired) electrons. The summed E-state index contributed by atoms with van der Waals surface area (Å²) in [6, 6.07) is 20.3. The lowest BCUT2D eigenvalue weighted by Crippen LogP contribution is -1.96. The fourth-order valence-electron chi connectivity index (χ4n) is 1.70. The number of rotatable bonds is 6. The minimum atomic E-state index is 0.226. The molecule has 0 aliphatic rings. The van der Waals surface area contributed by atoms with Gasteiger partial charge in [-0.15, -0.1) is 0 Å². The molecule has 1 nitrogen and oxygen atoms in total. The van der Waals surface area contributed by atoms with E-state index in [0.29, 0.717) is 6.42 Å². The van der Waals surface area contributed by atoms with Crippen molar-refractivity contribution in [2.24, 2.45) is 0 Å². The Morgan fingerprint density at radius 1 is 0.842 bits per heavy atom. The topological polar surface area (TPSA) is 17.1 Å². The van der Waals surface area contributed by atoms with Gasteiger partial charge in [-0.05, 0) is 28.3 Å². The molecule has 0 amide bonds. The summed E-state index contributed by atoms with van der Waals surface area (Å²) < 4.78 is 0. The average Bonchev–Trinajstić information content (AvgIpc) is 2.46. The van der Waals surface area contributed by atoms with Crippen molar-refractivity contribution in [2.75, 3.05) is 5.75 Å². The van der Waals surface area contributed by atoms with Gasteiger partial charge in [0, 0.05) is 12.2 Å². The highest BCUT2D eigenvalue weighted by Gasteiger charge is 2.04. The predicted octanol–water partition coefficient (Wildman–Crippen LogP) is 4.38. The summed E-state index contributed by atoms with van der Waals surface area (Å²) in [7, 11) is 3.01. The Labute approximate surface area is 122 Å². The molecule has 0 saturated heterocycles. The van der Waals surface area contributed by atoms with Gasteiger partial charge in [0.2, 0.25) is 5.12 Å². The first-order valence-corrected chi connectivity index (χ1v) is 8.56. The van der Waals surface area contributed by atoms with Crippen molar-refractivity contribution in [3.8, 4) is 0 Å². The van der Waals surface area contributed by atoms with Gasteiger partial charge in [0.1, 0.15) is 0 Å². The molecule has 0 bridgehead atoms. The standard InChI is InChI=1S/C16H16OS2/c17-16(13-15-9-5-2-6-10-15)19-18-12-11-14-7-3-1-4-8-14/h1-10H,11-13H2. The van der Waals surface area contributed by atoms with E-state index in [-0.39, 0.29) is 5.12 Å². The van der Waals surface area contributed by atoms with Crippen LogP contribution in [0.2, 0.25) is 0 Å². The van der Waals surface area contributed by atoms with Crippen LogP contribution in [0, 0.1) is 0 Å². The number of carbonyl (C=O) groups excluding carboxylic acids is 1. The third kappa shape index (κ3) is 5.53. The maximum atomic E-state index is 11.8. The van der Waals surface area contributed by atoms with Gasteiger partial charge in [-0.1, -0.05) is 71.5 Å². The van der Waals surface area contributed by atoms with Crippen LogP contribution in [0.4, 0.5) is 0 Å². The van der Waals surface area contributed by atoms with Crippen LogP contribution >= 0.6 is 21.6 Å². The summed E-state index contributed by atoms with van der Waals surface area (Å²) in [4.78, 5) is 11.8. The van der Waals surface area contributed by atoms with Gasteiger partial charge in [-0.2, -0.15) is 0 Å². The molecule has 0 heterocycles. The normalized spacial score (nSPS) is 10.3. The zero-order chi connectivity index (χ0) is 13.3. The van der Waals surface area contributed by atoms with E-state index in [2.05, 4.69) is 12.1 Å². The molecule has 0 saturated carbocycles. The second-order valence-corrected chi connectivity index (χ2v) is 6.65. The zero-order valence-corrected chi connectivity index (χ0v) is 12.3. The van der Waals surface area contributed by atoms with Gasteiger partial charge < -0.3 is 0 Å². The highest BCUT2D eigenvalue weighted by atomic mass is 33.1. The smallest absolute Gasteiger partial charge is 0.203 e. The summed E-state index contributed by atoms with van der Waals surface area (Å²) in [5.74, 6) is 0.967. The van der Waals surface area contributed by atoms with Gasteiger partial charge in [-0.25, -0.2) is 0 Å². The van der Waals surface area contributed by atoms with Crippen molar-refractivity contribution in [3.63, 3.8) is 0 Å². The van der Waals surface area contributed by atoms with E-state index in [1.807, 2.05) is 48.5 Å². The third-order valence-corrected chi connectivity index (χ3v) is 4.89. The molecule has 0 fully saturated rings. The van der Waals surface area contributed by atoms with Crippen molar-refractivity contribution < 1.29 is 4.79 Å². The first kappa shape index (κ1) is 14.2. The van der Waals surface area contributed by atoms with Crippen LogP contribution in [-0.4, -0.2) is 10.9 Å². The van der Waals surface area contributed by atoms with Crippen LogP contribution in [0.25, 0.3) is 0 Å². The average molecular weight is 288 g/mol. The molecule has 2 rings (SSSR count). The number of benzene rings is 2. The molecule has 0 aliphatic heterocycles. The van der Waals surface area contributed by atoms with Gasteiger partial charge in [0.15, 0.2) is 0 Å². The Bertz CT molecular complexity index is 497. The van der Waals surface area contributed by atoms with Crippen LogP contribution in [0.1, 0.15) is 11.1 Å². The monoisotopic (exact) mass is 288 g/mol. The fourth-order valence-corrected chi connectivity index (χ4v) is 3.53. The van der Waals surface area contributed by atoms with Crippen molar-refractivity contribution in [1.29, 1.82) is 0 Å². The maximum absolute atomic E-state index is 11.8. The summed E-state index contributed by atoms with van der Waals surface area (Å²) in [5, 5.41) is 0.226. The third-order valence-electron chi connectivity index (χ3n) is 2.66. The quantitative estimate of drug-likeness (QED) is 0.580. The molecule has 0 N–H and O–H groups in total. The van der Waals surface area contributed by atoms with Gasteiger partial charge in [0.25, 0.3) is 0 Å². The Morgan fingerprint density at radius 3 is 2.05 bits per heavy atom. The van der Waals surface area contributed by atoms with E-state index in [1.165, 1.54) is 16.4 Å². The molecule has 0 atom stereocenters. The van der Waals surface area contributed by atoms with Crippen LogP contribution in [0.3, 0.4) is 0 Å². The van der Waals surface area contributed by atoms with Gasteiger partial charge in [-0.3, -0.25) is 4.79 Å². The molecular weight excluding hydrogens is 272 g/mol. The number of carbonyl (C=O) groups is 1. The zero-order valence-electron chi connectivity index (χ0n) is 10.6. The fraction of sp³-hybridized carbons (Fsp3) is 0.188. The number of aryl methyl sites for hydroxylation is 1. The van der Waals surface area contributed by atoms with Crippen LogP contribution < -0.4 is 0 Å². The minimum Gasteiger partial charge on any atom is -0.286 e. The molecule has 0 aromatic heterocycles. The van der Waals surface area contributed by atoms with Crippen LogP contribution in [-0.2, 0) is 17.6 Å². The minimum absolute atomic E-state index is 0.226. The molecular formula is C16H16OS2. The van der Waals surface area contributed by atoms with Crippen molar-refractivity contribution >= 4 is 26.7 Å². The Balaban J connectivity index is 1.65.